The van der Waals surface area contributed by atoms with Crippen LogP contribution in [0.3, 0.4) is 0 Å². The minimum absolute atomic E-state index is 0.0991. The van der Waals surface area contributed by atoms with Crippen LogP contribution < -0.4 is 0 Å². The van der Waals surface area contributed by atoms with E-state index in [1.54, 1.807) is 13.8 Å². The molecule has 0 aliphatic heterocycles. The van der Waals surface area contributed by atoms with Gasteiger partial charge in [0.2, 0.25) is 5.91 Å². The maximum Gasteiger partial charge on any atom is 0.227 e. The van der Waals surface area contributed by atoms with E-state index in [-0.39, 0.29) is 18.5 Å². The van der Waals surface area contributed by atoms with Gasteiger partial charge < -0.3 is 10.0 Å². The normalized spacial score (nSPS) is 11.4. The van der Waals surface area contributed by atoms with Gasteiger partial charge in [0.25, 0.3) is 0 Å². The Morgan fingerprint density at radius 3 is 2.28 bits per heavy atom. The third kappa shape index (κ3) is 4.07. The zero-order valence-electron chi connectivity index (χ0n) is 10.7. The molecule has 0 spiro atoms. The van der Waals surface area contributed by atoms with E-state index in [1.807, 2.05) is 0 Å². The first-order valence-electron chi connectivity index (χ1n) is 5.60. The number of hydrogen-bond donors (Lipinski definition) is 1. The van der Waals surface area contributed by atoms with Gasteiger partial charge in [-0.05, 0) is 26.0 Å². The molecule has 0 saturated heterocycles. The number of likely N-dealkylation sites (N-methyl/N-ethyl adjacent to an activating group) is 1. The Kier molecular flexibility index (Phi) is 4.40. The van der Waals surface area contributed by atoms with E-state index in [4.69, 9.17) is 0 Å². The average molecular weight is 257 g/mol. The van der Waals surface area contributed by atoms with Crippen LogP contribution in [0.1, 0.15) is 19.4 Å². The van der Waals surface area contributed by atoms with E-state index in [9.17, 15) is 18.7 Å². The molecule has 0 fully saturated rings. The first-order chi connectivity index (χ1) is 8.20. The molecular formula is C13H17F2NO2. The largest absolute Gasteiger partial charge is 0.389 e. The molecular weight excluding hydrogens is 240 g/mol. The van der Waals surface area contributed by atoms with Crippen molar-refractivity contribution >= 4 is 5.91 Å². The van der Waals surface area contributed by atoms with Crippen molar-refractivity contribution in [1.29, 1.82) is 0 Å². The molecule has 1 rings (SSSR count). The zero-order chi connectivity index (χ0) is 13.9. The van der Waals surface area contributed by atoms with Crippen LogP contribution in [0.5, 0.6) is 0 Å². The Bertz CT molecular complexity index is 421. The fourth-order valence-corrected chi connectivity index (χ4v) is 1.66. The van der Waals surface area contributed by atoms with Gasteiger partial charge in [0.1, 0.15) is 11.6 Å². The van der Waals surface area contributed by atoms with Gasteiger partial charge in [-0.3, -0.25) is 4.79 Å². The molecule has 0 aliphatic rings. The smallest absolute Gasteiger partial charge is 0.227 e. The molecule has 18 heavy (non-hydrogen) atoms. The monoisotopic (exact) mass is 257 g/mol. The highest BCUT2D eigenvalue weighted by Gasteiger charge is 2.21. The number of amides is 1. The average Bonchev–Trinajstić information content (AvgIpc) is 2.21. The topological polar surface area (TPSA) is 40.5 Å². The van der Waals surface area contributed by atoms with Gasteiger partial charge in [0.15, 0.2) is 0 Å². The summed E-state index contributed by atoms with van der Waals surface area (Å²) in [7, 11) is 1.49. The molecule has 3 nitrogen and oxygen atoms in total. The number of carbonyl (C=O) groups is 1. The lowest BCUT2D eigenvalue weighted by molar-refractivity contribution is -0.131. The van der Waals surface area contributed by atoms with E-state index in [0.29, 0.717) is 0 Å². The first kappa shape index (κ1) is 14.6. The van der Waals surface area contributed by atoms with Crippen LogP contribution in [0.4, 0.5) is 8.78 Å². The van der Waals surface area contributed by atoms with E-state index in [0.717, 1.165) is 12.1 Å². The van der Waals surface area contributed by atoms with E-state index in [1.165, 1.54) is 18.0 Å². The minimum atomic E-state index is -1.04. The number of aliphatic hydroxyl groups is 1. The zero-order valence-corrected chi connectivity index (χ0v) is 10.7. The highest BCUT2D eigenvalue weighted by molar-refractivity contribution is 5.78. The third-order valence-corrected chi connectivity index (χ3v) is 2.44. The molecule has 0 heterocycles. The van der Waals surface area contributed by atoms with Gasteiger partial charge in [-0.2, -0.15) is 0 Å². The summed E-state index contributed by atoms with van der Waals surface area (Å²) in [6, 6.07) is 3.47. The Morgan fingerprint density at radius 2 is 1.83 bits per heavy atom. The highest BCUT2D eigenvalue weighted by atomic mass is 19.1. The highest BCUT2D eigenvalue weighted by Crippen LogP contribution is 2.14. The first-order valence-corrected chi connectivity index (χ1v) is 5.60. The van der Waals surface area contributed by atoms with Crippen molar-refractivity contribution in [2.45, 2.75) is 25.9 Å². The SMILES string of the molecule is CN(CC(C)(C)O)C(=O)Cc1c(F)cccc1F. The Labute approximate surface area is 105 Å². The molecule has 100 valence electrons. The van der Waals surface area contributed by atoms with Crippen molar-refractivity contribution in [2.24, 2.45) is 0 Å². The second-order valence-electron chi connectivity index (χ2n) is 4.94. The van der Waals surface area contributed by atoms with Gasteiger partial charge in [-0.1, -0.05) is 6.07 Å². The molecule has 0 atom stereocenters. The van der Waals surface area contributed by atoms with Crippen molar-refractivity contribution in [3.05, 3.63) is 35.4 Å². The Hall–Kier alpha value is -1.49. The molecule has 0 bridgehead atoms. The predicted octanol–water partition coefficient (Wildman–Crippen LogP) is 1.74. The summed E-state index contributed by atoms with van der Waals surface area (Å²) in [5.74, 6) is -1.92. The lowest BCUT2D eigenvalue weighted by Gasteiger charge is -2.25. The summed E-state index contributed by atoms with van der Waals surface area (Å²) in [5.41, 5.74) is -1.29. The molecule has 1 amide bonds. The Balaban J connectivity index is 2.76. The molecule has 0 radical (unpaired) electrons. The van der Waals surface area contributed by atoms with Gasteiger partial charge in [-0.15, -0.1) is 0 Å². The number of benzene rings is 1. The molecule has 1 aromatic carbocycles. The summed E-state index contributed by atoms with van der Waals surface area (Å²) in [5, 5.41) is 9.57. The predicted molar refractivity (Wildman–Crippen MR) is 64.0 cm³/mol. The van der Waals surface area contributed by atoms with Crippen molar-refractivity contribution in [2.75, 3.05) is 13.6 Å². The Morgan fingerprint density at radius 1 is 1.33 bits per heavy atom. The van der Waals surface area contributed by atoms with Gasteiger partial charge in [0, 0.05) is 19.2 Å². The number of carbonyl (C=O) groups excluding carboxylic acids is 1. The molecule has 0 aliphatic carbocycles. The van der Waals surface area contributed by atoms with Crippen molar-refractivity contribution in [3.8, 4) is 0 Å². The van der Waals surface area contributed by atoms with Crippen molar-refractivity contribution in [3.63, 3.8) is 0 Å². The van der Waals surface area contributed by atoms with Crippen LogP contribution in [0.2, 0.25) is 0 Å². The van der Waals surface area contributed by atoms with Gasteiger partial charge in [-0.25, -0.2) is 8.78 Å². The van der Waals surface area contributed by atoms with Crippen molar-refractivity contribution in [1.82, 2.24) is 4.90 Å². The van der Waals surface area contributed by atoms with Crippen LogP contribution >= 0.6 is 0 Å². The number of hydrogen-bond acceptors (Lipinski definition) is 2. The number of halogens is 2. The molecule has 0 saturated carbocycles. The van der Waals surface area contributed by atoms with Gasteiger partial charge in [0.05, 0.1) is 12.0 Å². The summed E-state index contributed by atoms with van der Waals surface area (Å²) in [4.78, 5) is 13.0. The maximum atomic E-state index is 13.4. The number of rotatable bonds is 4. The second kappa shape index (κ2) is 5.44. The van der Waals surface area contributed by atoms with Crippen molar-refractivity contribution < 1.29 is 18.7 Å². The van der Waals surface area contributed by atoms with Crippen LogP contribution in [-0.2, 0) is 11.2 Å². The van der Waals surface area contributed by atoms with E-state index < -0.39 is 23.1 Å². The van der Waals surface area contributed by atoms with Crippen LogP contribution in [0.25, 0.3) is 0 Å². The summed E-state index contributed by atoms with van der Waals surface area (Å²) in [6.45, 7) is 3.21. The fraction of sp³-hybridized carbons (Fsp3) is 0.462. The number of nitrogens with zero attached hydrogens (tertiary/aromatic N) is 1. The van der Waals surface area contributed by atoms with E-state index in [2.05, 4.69) is 0 Å². The molecule has 1 aromatic rings. The lowest BCUT2D eigenvalue weighted by Crippen LogP contribution is -2.40. The summed E-state index contributed by atoms with van der Waals surface area (Å²) < 4.78 is 26.7. The summed E-state index contributed by atoms with van der Waals surface area (Å²) in [6.07, 6.45) is -0.356. The maximum absolute atomic E-state index is 13.4. The third-order valence-electron chi connectivity index (χ3n) is 2.44. The van der Waals surface area contributed by atoms with Gasteiger partial charge >= 0.3 is 0 Å². The fourth-order valence-electron chi connectivity index (χ4n) is 1.66. The summed E-state index contributed by atoms with van der Waals surface area (Å²) >= 11 is 0. The standard InChI is InChI=1S/C13H17F2NO2/c1-13(2,18)8-16(3)12(17)7-9-10(14)5-4-6-11(9)15/h4-6,18H,7-8H2,1-3H3. The van der Waals surface area contributed by atoms with E-state index >= 15 is 0 Å². The minimum Gasteiger partial charge on any atom is -0.389 e. The molecule has 1 N–H and O–H groups in total. The molecule has 5 heteroatoms. The van der Waals surface area contributed by atoms with Crippen LogP contribution in [0, 0.1) is 11.6 Å². The lowest BCUT2D eigenvalue weighted by atomic mass is 10.1. The van der Waals surface area contributed by atoms with Crippen LogP contribution in [0.15, 0.2) is 18.2 Å². The second-order valence-corrected chi connectivity index (χ2v) is 4.94. The molecule has 0 aromatic heterocycles. The quantitative estimate of drug-likeness (QED) is 0.892. The molecule has 0 unspecified atom stereocenters. The van der Waals surface area contributed by atoms with Crippen LogP contribution in [-0.4, -0.2) is 35.1 Å².